The Morgan fingerprint density at radius 2 is 1.88 bits per heavy atom. The molecule has 0 aliphatic carbocycles. The Morgan fingerprint density at radius 3 is 2.46 bits per heavy atom. The highest BCUT2D eigenvalue weighted by molar-refractivity contribution is 6.08. The summed E-state index contributed by atoms with van der Waals surface area (Å²) in [7, 11) is 0. The number of nitrogens with zero attached hydrogens (tertiary/aromatic N) is 2. The number of nitrogens with one attached hydrogen (secondary N) is 1. The second-order valence-electron chi connectivity index (χ2n) is 5.57. The molecule has 0 radical (unpaired) electrons. The summed E-state index contributed by atoms with van der Waals surface area (Å²) in [6.45, 7) is 1.76. The van der Waals surface area contributed by atoms with Crippen molar-refractivity contribution in [1.29, 1.82) is 0 Å². The average Bonchev–Trinajstić information content (AvgIpc) is 3.07. The van der Waals surface area contributed by atoms with E-state index in [0.717, 1.165) is 5.56 Å². The minimum atomic E-state index is -1.56. The molecule has 0 unspecified atom stereocenters. The van der Waals surface area contributed by atoms with E-state index in [9.17, 15) is 24.6 Å². The highest BCUT2D eigenvalue weighted by atomic mass is 16.4. The number of hydrogen-bond acceptors (Lipinski definition) is 5. The molecule has 0 bridgehead atoms. The molecule has 0 aliphatic rings. The van der Waals surface area contributed by atoms with Crippen LogP contribution in [0, 0.1) is 6.92 Å². The molecule has 0 atom stereocenters. The van der Waals surface area contributed by atoms with E-state index >= 15 is 0 Å². The number of aromatic nitrogens is 3. The summed E-state index contributed by atoms with van der Waals surface area (Å²) in [4.78, 5) is 37.8. The number of carbonyl (C=O) groups is 2. The van der Waals surface area contributed by atoms with E-state index in [1.807, 2.05) is 0 Å². The van der Waals surface area contributed by atoms with E-state index in [-0.39, 0.29) is 11.1 Å². The molecule has 0 spiro atoms. The van der Waals surface area contributed by atoms with Gasteiger partial charge in [0.15, 0.2) is 0 Å². The second kappa shape index (κ2) is 6.20. The van der Waals surface area contributed by atoms with Gasteiger partial charge in [0.05, 0.1) is 5.69 Å². The van der Waals surface area contributed by atoms with Crippen LogP contribution in [-0.4, -0.2) is 36.9 Å². The van der Waals surface area contributed by atoms with Gasteiger partial charge in [0, 0.05) is 23.5 Å². The molecular weight excluding hydrogens is 340 g/mol. The molecular formula is C17H14N4O5. The number of benzene rings is 1. The van der Waals surface area contributed by atoms with E-state index in [1.54, 1.807) is 37.4 Å². The van der Waals surface area contributed by atoms with Gasteiger partial charge in [-0.05, 0) is 25.1 Å². The van der Waals surface area contributed by atoms with Crippen molar-refractivity contribution in [3.8, 4) is 16.8 Å². The molecule has 9 heteroatoms. The van der Waals surface area contributed by atoms with Crippen molar-refractivity contribution in [2.45, 2.75) is 6.92 Å². The maximum absolute atomic E-state index is 12.2. The van der Waals surface area contributed by atoms with E-state index in [1.165, 1.54) is 10.9 Å². The molecule has 0 saturated heterocycles. The zero-order valence-electron chi connectivity index (χ0n) is 13.6. The van der Waals surface area contributed by atoms with Crippen LogP contribution >= 0.6 is 0 Å². The van der Waals surface area contributed by atoms with Crippen LogP contribution in [0.25, 0.3) is 16.8 Å². The third-order valence-corrected chi connectivity index (χ3v) is 3.84. The second-order valence-corrected chi connectivity index (χ2v) is 5.57. The minimum Gasteiger partial charge on any atom is -0.478 e. The van der Waals surface area contributed by atoms with Gasteiger partial charge in [0.1, 0.15) is 16.9 Å². The Balaban J connectivity index is 2.52. The summed E-state index contributed by atoms with van der Waals surface area (Å²) >= 11 is 0. The highest BCUT2D eigenvalue weighted by Crippen LogP contribution is 2.34. The van der Waals surface area contributed by atoms with Gasteiger partial charge in [0.25, 0.3) is 5.56 Å². The number of nitrogen functional groups attached to an aromatic ring is 1. The van der Waals surface area contributed by atoms with E-state index in [4.69, 9.17) is 5.73 Å². The first-order valence-electron chi connectivity index (χ1n) is 7.44. The van der Waals surface area contributed by atoms with Crippen LogP contribution in [0.2, 0.25) is 0 Å². The molecule has 0 aliphatic heterocycles. The Hall–Kier alpha value is -3.88. The fourth-order valence-corrected chi connectivity index (χ4v) is 2.78. The number of aromatic amines is 1. The Morgan fingerprint density at radius 1 is 1.19 bits per heavy atom. The molecule has 3 rings (SSSR count). The summed E-state index contributed by atoms with van der Waals surface area (Å²) < 4.78 is 1.45. The van der Waals surface area contributed by atoms with Crippen LogP contribution in [0.4, 0.5) is 5.82 Å². The van der Waals surface area contributed by atoms with Gasteiger partial charge in [-0.3, -0.25) is 4.79 Å². The SMILES string of the molecule is Cc1ccc(-n2cccn2)c(-c2c(C(=O)O)c(N)[nH]c(=O)c2C(=O)O)c1. The lowest BCUT2D eigenvalue weighted by molar-refractivity contribution is 0.0695. The number of aromatic carboxylic acids is 2. The summed E-state index contributed by atoms with van der Waals surface area (Å²) in [5, 5.41) is 23.2. The van der Waals surface area contributed by atoms with Crippen molar-refractivity contribution in [2.75, 3.05) is 5.73 Å². The quantitative estimate of drug-likeness (QED) is 0.554. The average molecular weight is 354 g/mol. The van der Waals surface area contributed by atoms with Gasteiger partial charge in [0.2, 0.25) is 0 Å². The zero-order valence-corrected chi connectivity index (χ0v) is 13.6. The molecule has 0 fully saturated rings. The molecule has 132 valence electrons. The first-order chi connectivity index (χ1) is 12.3. The lowest BCUT2D eigenvalue weighted by Crippen LogP contribution is -2.24. The molecule has 9 nitrogen and oxygen atoms in total. The molecule has 0 amide bonds. The third kappa shape index (κ3) is 2.71. The lowest BCUT2D eigenvalue weighted by atomic mass is 9.93. The monoisotopic (exact) mass is 354 g/mol. The number of hydrogen-bond donors (Lipinski definition) is 4. The maximum Gasteiger partial charge on any atom is 0.342 e. The van der Waals surface area contributed by atoms with Crippen LogP contribution in [-0.2, 0) is 0 Å². The number of carboxylic acids is 2. The topological polar surface area (TPSA) is 151 Å². The third-order valence-electron chi connectivity index (χ3n) is 3.84. The largest absolute Gasteiger partial charge is 0.478 e. The van der Waals surface area contributed by atoms with Crippen molar-refractivity contribution in [3.05, 3.63) is 63.7 Å². The van der Waals surface area contributed by atoms with Crippen molar-refractivity contribution in [2.24, 2.45) is 0 Å². The fourth-order valence-electron chi connectivity index (χ4n) is 2.78. The summed E-state index contributed by atoms with van der Waals surface area (Å²) in [5.41, 5.74) is 4.63. The number of nitrogens with two attached hydrogens (primary N) is 1. The van der Waals surface area contributed by atoms with Crippen molar-refractivity contribution in [1.82, 2.24) is 14.8 Å². The van der Waals surface area contributed by atoms with E-state index in [0.29, 0.717) is 5.69 Å². The number of anilines is 1. The van der Waals surface area contributed by atoms with Crippen LogP contribution in [0.3, 0.4) is 0 Å². The first-order valence-corrected chi connectivity index (χ1v) is 7.44. The van der Waals surface area contributed by atoms with E-state index < -0.39 is 34.4 Å². The maximum atomic E-state index is 12.2. The number of rotatable bonds is 4. The van der Waals surface area contributed by atoms with Crippen LogP contribution in [0.1, 0.15) is 26.3 Å². The van der Waals surface area contributed by atoms with Crippen molar-refractivity contribution >= 4 is 17.8 Å². The van der Waals surface area contributed by atoms with Crippen LogP contribution in [0.15, 0.2) is 41.5 Å². The smallest absolute Gasteiger partial charge is 0.342 e. The number of carboxylic acid groups (broad SMARTS) is 2. The number of H-pyrrole nitrogens is 1. The van der Waals surface area contributed by atoms with Gasteiger partial charge in [-0.25, -0.2) is 14.3 Å². The Labute approximate surface area is 146 Å². The molecule has 0 saturated carbocycles. The van der Waals surface area contributed by atoms with Gasteiger partial charge >= 0.3 is 11.9 Å². The van der Waals surface area contributed by atoms with Gasteiger partial charge in [-0.15, -0.1) is 0 Å². The van der Waals surface area contributed by atoms with Gasteiger partial charge in [-0.1, -0.05) is 11.6 Å². The van der Waals surface area contributed by atoms with Gasteiger partial charge in [-0.2, -0.15) is 5.10 Å². The van der Waals surface area contributed by atoms with Crippen molar-refractivity contribution in [3.63, 3.8) is 0 Å². The van der Waals surface area contributed by atoms with E-state index in [2.05, 4.69) is 10.1 Å². The molecule has 5 N–H and O–H groups in total. The molecule has 1 aromatic carbocycles. The molecule has 2 aromatic heterocycles. The summed E-state index contributed by atoms with van der Waals surface area (Å²) in [5.74, 6) is -3.43. The lowest BCUT2D eigenvalue weighted by Gasteiger charge is -2.16. The first kappa shape index (κ1) is 17.0. The summed E-state index contributed by atoms with van der Waals surface area (Å²) in [6.07, 6.45) is 3.14. The Bertz CT molecular complexity index is 1080. The minimum absolute atomic E-state index is 0.223. The van der Waals surface area contributed by atoms with Crippen molar-refractivity contribution < 1.29 is 19.8 Å². The standard InChI is InChI=1S/C17H14N4O5/c1-8-3-4-10(21-6-2-5-19-21)9(7-8)11-12(16(23)24)14(18)20-15(22)13(11)17(25)26/h2-7H,1H3,(H,23,24)(H,25,26)(H3,18,20,22). The predicted octanol–water partition coefficient (Wildman–Crippen LogP) is 1.51. The zero-order chi connectivity index (χ0) is 19.0. The highest BCUT2D eigenvalue weighted by Gasteiger charge is 2.28. The van der Waals surface area contributed by atoms with Gasteiger partial charge < -0.3 is 20.9 Å². The molecule has 26 heavy (non-hydrogen) atoms. The fraction of sp³-hybridized carbons (Fsp3) is 0.0588. The molecule has 3 aromatic rings. The van der Waals surface area contributed by atoms with Crippen LogP contribution in [0.5, 0.6) is 0 Å². The predicted molar refractivity (Wildman–Crippen MR) is 92.7 cm³/mol. The van der Waals surface area contributed by atoms with Crippen LogP contribution < -0.4 is 11.3 Å². The summed E-state index contributed by atoms with van der Waals surface area (Å²) in [6, 6.07) is 6.67. The number of aryl methyl sites for hydroxylation is 1. The molecule has 2 heterocycles. The Kier molecular flexibility index (Phi) is 4.05. The number of pyridine rings is 1. The normalized spacial score (nSPS) is 10.7.